The van der Waals surface area contributed by atoms with E-state index in [9.17, 15) is 9.59 Å². The van der Waals surface area contributed by atoms with E-state index in [-0.39, 0.29) is 0 Å². The second-order valence-corrected chi connectivity index (χ2v) is 4.59. The van der Waals surface area contributed by atoms with Gasteiger partial charge in [-0.05, 0) is 6.42 Å². The summed E-state index contributed by atoms with van der Waals surface area (Å²) in [5, 5.41) is 0. The van der Waals surface area contributed by atoms with Crippen molar-refractivity contribution >= 4 is 34.5 Å². The molecule has 0 aromatic rings. The number of alkyl halides is 1. The Morgan fingerprint density at radius 2 is 1.64 bits per heavy atom. The molecule has 0 fully saturated rings. The number of esters is 2. The minimum atomic E-state index is -1.13. The van der Waals surface area contributed by atoms with E-state index in [1.165, 1.54) is 13.8 Å². The molecule has 0 radical (unpaired) electrons. The van der Waals surface area contributed by atoms with Gasteiger partial charge >= 0.3 is 15.7 Å². The standard InChI is InChI=1S/C9H15IO4/c1-4-5-6-9(10,13-7(2)11)14-8(3)12/h4-6H2,1-3H3. The lowest BCUT2D eigenvalue weighted by atomic mass is 10.2. The molecule has 0 amide bonds. The molecule has 14 heavy (non-hydrogen) atoms. The Morgan fingerprint density at radius 1 is 1.21 bits per heavy atom. The Bertz CT molecular complexity index is 199. The number of carbonyl (C=O) groups excluding carboxylic acids is 2. The first kappa shape index (κ1) is 13.7. The van der Waals surface area contributed by atoms with Gasteiger partial charge in [-0.25, -0.2) is 0 Å². The van der Waals surface area contributed by atoms with E-state index >= 15 is 0 Å². The molecule has 0 aliphatic heterocycles. The fourth-order valence-corrected chi connectivity index (χ4v) is 1.94. The summed E-state index contributed by atoms with van der Waals surface area (Å²) in [6, 6.07) is 0. The van der Waals surface area contributed by atoms with Gasteiger partial charge in [0.15, 0.2) is 0 Å². The zero-order chi connectivity index (χ0) is 11.2. The maximum Gasteiger partial charge on any atom is 0.308 e. The van der Waals surface area contributed by atoms with Crippen molar-refractivity contribution < 1.29 is 19.1 Å². The van der Waals surface area contributed by atoms with Crippen LogP contribution in [0.25, 0.3) is 0 Å². The van der Waals surface area contributed by atoms with Crippen LogP contribution in [-0.2, 0) is 19.1 Å². The lowest BCUT2D eigenvalue weighted by Gasteiger charge is -2.25. The summed E-state index contributed by atoms with van der Waals surface area (Å²) in [6.45, 7) is 4.60. The van der Waals surface area contributed by atoms with Gasteiger partial charge in [-0.1, -0.05) is 13.3 Å². The Morgan fingerprint density at radius 3 is 1.93 bits per heavy atom. The topological polar surface area (TPSA) is 52.6 Å². The predicted molar refractivity (Wildman–Crippen MR) is 59.8 cm³/mol. The molecule has 0 aromatic carbocycles. The smallest absolute Gasteiger partial charge is 0.308 e. The fraction of sp³-hybridized carbons (Fsp3) is 0.778. The van der Waals surface area contributed by atoms with Gasteiger partial charge in [-0.15, -0.1) is 0 Å². The number of carbonyl (C=O) groups is 2. The molecule has 5 heteroatoms. The van der Waals surface area contributed by atoms with Crippen molar-refractivity contribution in [3.63, 3.8) is 0 Å². The number of hydrogen-bond donors (Lipinski definition) is 0. The summed E-state index contributed by atoms with van der Waals surface area (Å²) in [7, 11) is 0. The third kappa shape index (κ3) is 6.17. The molecule has 0 aliphatic rings. The third-order valence-electron chi connectivity index (χ3n) is 1.42. The largest absolute Gasteiger partial charge is 0.413 e. The molecule has 82 valence electrons. The fourth-order valence-electron chi connectivity index (χ4n) is 0.940. The minimum Gasteiger partial charge on any atom is -0.413 e. The SMILES string of the molecule is CCCCC(I)(OC(C)=O)OC(C)=O. The van der Waals surface area contributed by atoms with E-state index in [1.54, 1.807) is 0 Å². The molecule has 0 rings (SSSR count). The Hall–Kier alpha value is -0.330. The maximum atomic E-state index is 10.8. The number of halogens is 1. The van der Waals surface area contributed by atoms with Crippen LogP contribution in [0.5, 0.6) is 0 Å². The minimum absolute atomic E-state index is 0.447. The van der Waals surface area contributed by atoms with Crippen LogP contribution in [-0.4, -0.2) is 15.7 Å². The Kier molecular flexibility index (Phi) is 6.06. The third-order valence-corrected chi connectivity index (χ3v) is 2.40. The van der Waals surface area contributed by atoms with Crippen LogP contribution in [0.2, 0.25) is 0 Å². The van der Waals surface area contributed by atoms with E-state index in [0.717, 1.165) is 12.8 Å². The van der Waals surface area contributed by atoms with Crippen molar-refractivity contribution in [3.05, 3.63) is 0 Å². The van der Waals surface area contributed by atoms with Crippen molar-refractivity contribution in [1.82, 2.24) is 0 Å². The van der Waals surface area contributed by atoms with Gasteiger partial charge in [0.25, 0.3) is 0 Å². The number of ether oxygens (including phenoxy) is 2. The zero-order valence-electron chi connectivity index (χ0n) is 8.63. The van der Waals surface area contributed by atoms with Gasteiger partial charge in [0.2, 0.25) is 0 Å². The van der Waals surface area contributed by atoms with Crippen molar-refractivity contribution in [2.45, 2.75) is 43.8 Å². The highest BCUT2D eigenvalue weighted by Crippen LogP contribution is 2.29. The quantitative estimate of drug-likeness (QED) is 0.338. The maximum absolute atomic E-state index is 10.8. The van der Waals surface area contributed by atoms with Crippen LogP contribution in [0.15, 0.2) is 0 Å². The summed E-state index contributed by atoms with van der Waals surface area (Å²) in [5.41, 5.74) is 0. The summed E-state index contributed by atoms with van der Waals surface area (Å²) in [5.74, 6) is -0.895. The molecule has 0 N–H and O–H groups in total. The monoisotopic (exact) mass is 314 g/mol. The summed E-state index contributed by atoms with van der Waals surface area (Å²) >= 11 is 1.84. The molecule has 0 unspecified atom stereocenters. The normalized spacial score (nSPS) is 10.9. The van der Waals surface area contributed by atoms with Gasteiger partial charge in [-0.2, -0.15) is 0 Å². The average molecular weight is 314 g/mol. The van der Waals surface area contributed by atoms with Crippen LogP contribution in [0, 0.1) is 0 Å². The molecule has 0 saturated carbocycles. The van der Waals surface area contributed by atoms with E-state index in [1.807, 2.05) is 29.5 Å². The van der Waals surface area contributed by atoms with Crippen LogP contribution in [0.3, 0.4) is 0 Å². The molecular weight excluding hydrogens is 299 g/mol. The summed E-state index contributed by atoms with van der Waals surface area (Å²) in [4.78, 5) is 21.6. The van der Waals surface area contributed by atoms with Crippen molar-refractivity contribution in [3.8, 4) is 0 Å². The molecule has 0 saturated heterocycles. The highest BCUT2D eigenvalue weighted by Gasteiger charge is 2.32. The van der Waals surface area contributed by atoms with Gasteiger partial charge in [0.1, 0.15) is 0 Å². The number of rotatable bonds is 5. The van der Waals surface area contributed by atoms with Gasteiger partial charge in [0.05, 0.1) is 0 Å². The Balaban J connectivity index is 4.31. The molecular formula is C9H15IO4. The zero-order valence-corrected chi connectivity index (χ0v) is 10.8. The van der Waals surface area contributed by atoms with E-state index < -0.39 is 15.7 Å². The molecule has 0 aliphatic carbocycles. The van der Waals surface area contributed by atoms with Crippen LogP contribution < -0.4 is 0 Å². The first-order valence-electron chi connectivity index (χ1n) is 4.47. The van der Waals surface area contributed by atoms with E-state index in [0.29, 0.717) is 6.42 Å². The molecule has 0 heterocycles. The van der Waals surface area contributed by atoms with Gasteiger partial charge in [-0.3, -0.25) is 9.59 Å². The second-order valence-electron chi connectivity index (χ2n) is 2.95. The first-order chi connectivity index (χ1) is 6.39. The second kappa shape index (κ2) is 6.21. The van der Waals surface area contributed by atoms with Crippen LogP contribution in [0.4, 0.5) is 0 Å². The van der Waals surface area contributed by atoms with E-state index in [4.69, 9.17) is 9.47 Å². The summed E-state index contributed by atoms with van der Waals surface area (Å²) < 4.78 is 8.78. The van der Waals surface area contributed by atoms with Gasteiger partial charge < -0.3 is 9.47 Å². The lowest BCUT2D eigenvalue weighted by molar-refractivity contribution is -0.191. The predicted octanol–water partition coefficient (Wildman–Crippen LogP) is 2.39. The average Bonchev–Trinajstić information content (AvgIpc) is 1.97. The number of hydrogen-bond acceptors (Lipinski definition) is 4. The molecule has 0 atom stereocenters. The van der Waals surface area contributed by atoms with E-state index in [2.05, 4.69) is 0 Å². The van der Waals surface area contributed by atoms with Gasteiger partial charge in [0, 0.05) is 42.9 Å². The first-order valence-corrected chi connectivity index (χ1v) is 5.55. The lowest BCUT2D eigenvalue weighted by Crippen LogP contribution is -2.32. The number of unbranched alkanes of at least 4 members (excludes halogenated alkanes) is 1. The van der Waals surface area contributed by atoms with Crippen molar-refractivity contribution in [1.29, 1.82) is 0 Å². The van der Waals surface area contributed by atoms with Crippen molar-refractivity contribution in [2.75, 3.05) is 0 Å². The van der Waals surface area contributed by atoms with Crippen LogP contribution in [0.1, 0.15) is 40.0 Å². The molecule has 0 bridgehead atoms. The van der Waals surface area contributed by atoms with Crippen molar-refractivity contribution in [2.24, 2.45) is 0 Å². The molecule has 0 aromatic heterocycles. The highest BCUT2D eigenvalue weighted by atomic mass is 127. The molecule has 0 spiro atoms. The van der Waals surface area contributed by atoms with Crippen LogP contribution >= 0.6 is 22.6 Å². The molecule has 4 nitrogen and oxygen atoms in total. The highest BCUT2D eigenvalue weighted by molar-refractivity contribution is 14.1. The Labute approximate surface area is 97.5 Å². The summed E-state index contributed by atoms with van der Waals surface area (Å²) in [6.07, 6.45) is 2.31.